The van der Waals surface area contributed by atoms with E-state index in [1.165, 1.54) is 6.26 Å². The first-order valence-electron chi connectivity index (χ1n) is 10.7. The Hall–Kier alpha value is -3.60. The third-order valence-electron chi connectivity index (χ3n) is 4.95. The summed E-state index contributed by atoms with van der Waals surface area (Å²) in [5, 5.41) is 28.3. The molecule has 0 spiro atoms. The number of rotatable bonds is 9. The van der Waals surface area contributed by atoms with E-state index in [1.807, 2.05) is 6.92 Å². The van der Waals surface area contributed by atoms with Crippen molar-refractivity contribution in [3.05, 3.63) is 52.4 Å². The van der Waals surface area contributed by atoms with Gasteiger partial charge in [-0.1, -0.05) is 13.0 Å². The lowest BCUT2D eigenvalue weighted by atomic mass is 10.0. The van der Waals surface area contributed by atoms with Gasteiger partial charge in [0.25, 0.3) is 0 Å². The van der Waals surface area contributed by atoms with Crippen LogP contribution < -0.4 is 25.0 Å². The fraction of sp³-hybridized carbons (Fsp3) is 0.333. The lowest BCUT2D eigenvalue weighted by Gasteiger charge is -2.11. The SMILES string of the molecule is CCc1cc2c(=O)c(-c3ccc4c(c3)OCO4)coc2cc1OCC(=O)O.OCCNCCO. The Bertz CT molecular complexity index is 1190. The topological polar surface area (TPSA) is 148 Å². The van der Waals surface area contributed by atoms with Crippen molar-refractivity contribution in [3.63, 3.8) is 0 Å². The van der Waals surface area contributed by atoms with Crippen molar-refractivity contribution in [2.24, 2.45) is 0 Å². The quantitative estimate of drug-likeness (QED) is 0.339. The maximum absolute atomic E-state index is 13.0. The fourth-order valence-corrected chi connectivity index (χ4v) is 3.30. The zero-order chi connectivity index (χ0) is 24.5. The van der Waals surface area contributed by atoms with E-state index in [2.05, 4.69) is 5.32 Å². The molecule has 182 valence electrons. The number of carboxylic acids is 1. The molecule has 0 atom stereocenters. The van der Waals surface area contributed by atoms with Gasteiger partial charge in [0.1, 0.15) is 17.6 Å². The first-order chi connectivity index (χ1) is 16.5. The molecule has 2 heterocycles. The highest BCUT2D eigenvalue weighted by atomic mass is 16.7. The number of benzene rings is 2. The number of carboxylic acid groups (broad SMARTS) is 1. The van der Waals surface area contributed by atoms with Crippen molar-refractivity contribution in [2.75, 3.05) is 39.7 Å². The maximum Gasteiger partial charge on any atom is 0.341 e. The molecule has 4 rings (SSSR count). The van der Waals surface area contributed by atoms with Crippen molar-refractivity contribution in [2.45, 2.75) is 13.3 Å². The number of aliphatic hydroxyl groups is 2. The first-order valence-corrected chi connectivity index (χ1v) is 10.7. The lowest BCUT2D eigenvalue weighted by Crippen LogP contribution is -2.21. The van der Waals surface area contributed by atoms with Crippen LogP contribution in [0.15, 0.2) is 45.8 Å². The summed E-state index contributed by atoms with van der Waals surface area (Å²) in [6.45, 7) is 3.02. The summed E-state index contributed by atoms with van der Waals surface area (Å²) in [4.78, 5) is 23.8. The van der Waals surface area contributed by atoms with Gasteiger partial charge in [-0.05, 0) is 35.7 Å². The van der Waals surface area contributed by atoms with Gasteiger partial charge < -0.3 is 39.3 Å². The van der Waals surface area contributed by atoms with Crippen LogP contribution in [0.1, 0.15) is 12.5 Å². The second-order valence-corrected chi connectivity index (χ2v) is 7.24. The molecule has 1 aliphatic heterocycles. The Morgan fingerprint density at radius 2 is 1.82 bits per heavy atom. The summed E-state index contributed by atoms with van der Waals surface area (Å²) in [5.41, 5.74) is 1.96. The van der Waals surface area contributed by atoms with Gasteiger partial charge in [0.05, 0.1) is 24.2 Å². The second-order valence-electron chi connectivity index (χ2n) is 7.24. The van der Waals surface area contributed by atoms with Crippen molar-refractivity contribution in [1.82, 2.24) is 5.32 Å². The minimum atomic E-state index is -1.07. The molecule has 10 heteroatoms. The molecule has 0 fully saturated rings. The van der Waals surface area contributed by atoms with Crippen molar-refractivity contribution in [1.29, 1.82) is 0 Å². The Labute approximate surface area is 195 Å². The number of hydrogen-bond acceptors (Lipinski definition) is 9. The third kappa shape index (κ3) is 6.04. The maximum atomic E-state index is 13.0. The molecule has 0 bridgehead atoms. The Balaban J connectivity index is 0.000000406. The van der Waals surface area contributed by atoms with Gasteiger partial charge in [-0.15, -0.1) is 0 Å². The van der Waals surface area contributed by atoms with Gasteiger partial charge in [-0.25, -0.2) is 4.79 Å². The Kier molecular flexibility index (Phi) is 8.86. The van der Waals surface area contributed by atoms with E-state index in [4.69, 9.17) is 33.9 Å². The molecule has 4 N–H and O–H groups in total. The molecule has 0 radical (unpaired) electrons. The summed E-state index contributed by atoms with van der Waals surface area (Å²) in [7, 11) is 0. The number of aliphatic hydroxyl groups excluding tert-OH is 2. The summed E-state index contributed by atoms with van der Waals surface area (Å²) < 4.78 is 21.6. The summed E-state index contributed by atoms with van der Waals surface area (Å²) in [6, 6.07) is 8.51. The van der Waals surface area contributed by atoms with Crippen LogP contribution in [0, 0.1) is 0 Å². The number of aliphatic carboxylic acids is 1. The van der Waals surface area contributed by atoms with Crippen LogP contribution in [-0.2, 0) is 11.2 Å². The van der Waals surface area contributed by atoms with E-state index in [9.17, 15) is 9.59 Å². The zero-order valence-corrected chi connectivity index (χ0v) is 18.7. The van der Waals surface area contributed by atoms with E-state index in [1.54, 1.807) is 30.3 Å². The molecule has 3 aromatic rings. The number of nitrogens with one attached hydrogen (secondary N) is 1. The highest BCUT2D eigenvalue weighted by molar-refractivity contribution is 5.84. The van der Waals surface area contributed by atoms with Gasteiger partial charge in [-0.3, -0.25) is 4.79 Å². The predicted octanol–water partition coefficient (Wildman–Crippen LogP) is 1.78. The lowest BCUT2D eigenvalue weighted by molar-refractivity contribution is -0.139. The molecular weight excluding hydrogens is 446 g/mol. The van der Waals surface area contributed by atoms with Crippen LogP contribution >= 0.6 is 0 Å². The normalized spacial score (nSPS) is 11.7. The van der Waals surface area contributed by atoms with E-state index >= 15 is 0 Å². The van der Waals surface area contributed by atoms with Crippen LogP contribution in [0.4, 0.5) is 0 Å². The average molecular weight is 473 g/mol. The van der Waals surface area contributed by atoms with Gasteiger partial charge in [0, 0.05) is 19.2 Å². The minimum Gasteiger partial charge on any atom is -0.481 e. The number of fused-ring (bicyclic) bond motifs is 2. The number of ether oxygens (including phenoxy) is 3. The van der Waals surface area contributed by atoms with Gasteiger partial charge >= 0.3 is 5.97 Å². The second kappa shape index (κ2) is 12.0. The van der Waals surface area contributed by atoms with Crippen LogP contribution in [-0.4, -0.2) is 61.0 Å². The summed E-state index contributed by atoms with van der Waals surface area (Å²) >= 11 is 0. The van der Waals surface area contributed by atoms with Gasteiger partial charge in [-0.2, -0.15) is 0 Å². The van der Waals surface area contributed by atoms with Crippen molar-refractivity contribution < 1.29 is 38.7 Å². The zero-order valence-electron chi connectivity index (χ0n) is 18.7. The molecule has 10 nitrogen and oxygen atoms in total. The summed E-state index contributed by atoms with van der Waals surface area (Å²) in [6.07, 6.45) is 1.97. The predicted molar refractivity (Wildman–Crippen MR) is 124 cm³/mol. The Morgan fingerprint density at radius 1 is 1.09 bits per heavy atom. The van der Waals surface area contributed by atoms with Gasteiger partial charge in [0.15, 0.2) is 18.1 Å². The van der Waals surface area contributed by atoms with Crippen LogP contribution in [0.25, 0.3) is 22.1 Å². The first kappa shape index (κ1) is 25.0. The highest BCUT2D eigenvalue weighted by Crippen LogP contribution is 2.36. The smallest absolute Gasteiger partial charge is 0.341 e. The standard InChI is InChI=1S/C20H16O7.C4H11NO2/c1-2-11-5-13-17(7-16(11)25-9-19(21)22)24-8-14(20(13)23)12-3-4-15-18(6-12)27-10-26-15;6-3-1-5-2-4-7/h3-8H,2,9-10H2,1H3,(H,21,22);5-7H,1-4H2. The van der Waals surface area contributed by atoms with Gasteiger partial charge in [0.2, 0.25) is 12.2 Å². The number of hydrogen-bond donors (Lipinski definition) is 4. The van der Waals surface area contributed by atoms with E-state index < -0.39 is 12.6 Å². The molecule has 1 aromatic heterocycles. The van der Waals surface area contributed by atoms with Crippen molar-refractivity contribution in [3.8, 4) is 28.4 Å². The van der Waals surface area contributed by atoms with E-state index in [0.717, 1.165) is 5.56 Å². The molecule has 0 aliphatic carbocycles. The van der Waals surface area contributed by atoms with E-state index in [-0.39, 0.29) is 25.4 Å². The largest absolute Gasteiger partial charge is 0.481 e. The molecule has 1 aliphatic rings. The fourth-order valence-electron chi connectivity index (χ4n) is 3.30. The monoisotopic (exact) mass is 473 g/mol. The third-order valence-corrected chi connectivity index (χ3v) is 4.95. The minimum absolute atomic E-state index is 0.139. The highest BCUT2D eigenvalue weighted by Gasteiger charge is 2.17. The number of carbonyl (C=O) groups is 1. The molecule has 34 heavy (non-hydrogen) atoms. The van der Waals surface area contributed by atoms with Crippen molar-refractivity contribution >= 4 is 16.9 Å². The Morgan fingerprint density at radius 3 is 2.50 bits per heavy atom. The van der Waals surface area contributed by atoms with Crippen LogP contribution in [0.3, 0.4) is 0 Å². The van der Waals surface area contributed by atoms with Crippen LogP contribution in [0.2, 0.25) is 0 Å². The molecule has 0 saturated heterocycles. The van der Waals surface area contributed by atoms with E-state index in [0.29, 0.717) is 58.9 Å². The molecule has 0 saturated carbocycles. The average Bonchev–Trinajstić information content (AvgIpc) is 3.31. The molecule has 0 unspecified atom stereocenters. The van der Waals surface area contributed by atoms with Crippen LogP contribution in [0.5, 0.6) is 17.2 Å². The number of aryl methyl sites for hydroxylation is 1. The molecular formula is C24H27NO9. The molecule has 0 amide bonds. The summed E-state index contributed by atoms with van der Waals surface area (Å²) in [5.74, 6) is 0.541. The molecule has 2 aromatic carbocycles.